The number of hydrogen-bond donors (Lipinski definition) is 1. The van der Waals surface area contributed by atoms with Crippen LogP contribution >= 0.6 is 0 Å². The van der Waals surface area contributed by atoms with Gasteiger partial charge < -0.3 is 23.9 Å². The van der Waals surface area contributed by atoms with Crippen LogP contribution in [0.3, 0.4) is 0 Å². The van der Waals surface area contributed by atoms with Gasteiger partial charge in [-0.1, -0.05) is 32.0 Å². The molecule has 3 aromatic rings. The Morgan fingerprint density at radius 1 is 0.956 bits per heavy atom. The molecule has 0 saturated carbocycles. The molecule has 13 heteroatoms. The van der Waals surface area contributed by atoms with E-state index in [1.54, 1.807) is 64.1 Å². The molecule has 0 spiro atoms. The first-order chi connectivity index (χ1) is 21.4. The van der Waals surface area contributed by atoms with Crippen LogP contribution in [0.5, 0.6) is 11.5 Å². The Bertz CT molecular complexity index is 1780. The van der Waals surface area contributed by atoms with Crippen LogP contribution in [0.25, 0.3) is 6.08 Å². The number of rotatable bonds is 12. The zero-order valence-electron chi connectivity index (χ0n) is 26.1. The normalized spacial score (nSPS) is 14.1. The van der Waals surface area contributed by atoms with E-state index in [0.717, 1.165) is 5.56 Å². The van der Waals surface area contributed by atoms with Gasteiger partial charge in [-0.2, -0.15) is 12.7 Å². The number of ether oxygens (including phenoxy) is 2. The number of morpholine rings is 1. The number of aryl methyl sites for hydroxylation is 2. The van der Waals surface area contributed by atoms with Crippen molar-refractivity contribution in [2.24, 2.45) is 0 Å². The number of anilines is 2. The molecule has 3 aromatic carbocycles. The number of carbonyl (C=O) groups is 1. The van der Waals surface area contributed by atoms with Crippen LogP contribution in [0.4, 0.5) is 11.4 Å². The van der Waals surface area contributed by atoms with Crippen molar-refractivity contribution in [3.8, 4) is 11.5 Å². The zero-order chi connectivity index (χ0) is 32.8. The molecule has 1 heterocycles. The summed E-state index contributed by atoms with van der Waals surface area (Å²) in [5, 5.41) is 2.84. The fourth-order valence-corrected chi connectivity index (χ4v) is 7.65. The lowest BCUT2D eigenvalue weighted by Crippen LogP contribution is -2.37. The molecule has 0 bridgehead atoms. The van der Waals surface area contributed by atoms with Gasteiger partial charge in [-0.3, -0.25) is 4.79 Å². The van der Waals surface area contributed by atoms with Crippen LogP contribution in [-0.4, -0.2) is 73.6 Å². The maximum Gasteiger partial charge on any atom is 0.339 e. The van der Waals surface area contributed by atoms with Crippen LogP contribution in [0.15, 0.2) is 70.5 Å². The van der Waals surface area contributed by atoms with E-state index in [1.807, 2.05) is 11.0 Å². The standard InChI is InChI=1S/C32H39N3O8S2/c1-6-35(7-2)44(37,38)26-12-13-28(34-16-18-42-19-17-34)27(22-26)33-32(36)15-11-25-10-14-29(30(21-25)41-5)43-45(39,40)31-20-23(3)8-9-24(31)4/h8-15,20-22H,6-7,16-19H2,1-5H3,(H,33,36)/b15-11+. The van der Waals surface area contributed by atoms with Crippen LogP contribution in [0.2, 0.25) is 0 Å². The molecule has 0 aromatic heterocycles. The summed E-state index contributed by atoms with van der Waals surface area (Å²) in [5.74, 6) is -0.324. The molecule has 0 unspecified atom stereocenters. The predicted molar refractivity (Wildman–Crippen MR) is 174 cm³/mol. The van der Waals surface area contributed by atoms with Gasteiger partial charge in [0.2, 0.25) is 15.9 Å². The molecular weight excluding hydrogens is 618 g/mol. The number of amides is 1. The third-order valence-corrected chi connectivity index (χ3v) is 10.8. The molecule has 0 radical (unpaired) electrons. The second-order valence-corrected chi connectivity index (χ2v) is 13.9. The van der Waals surface area contributed by atoms with Gasteiger partial charge in [0, 0.05) is 32.3 Å². The molecule has 1 aliphatic rings. The summed E-state index contributed by atoms with van der Waals surface area (Å²) in [6, 6.07) is 14.4. The lowest BCUT2D eigenvalue weighted by Gasteiger charge is -2.31. The van der Waals surface area contributed by atoms with Gasteiger partial charge in [0.15, 0.2) is 11.5 Å². The highest BCUT2D eigenvalue weighted by molar-refractivity contribution is 7.89. The maximum absolute atomic E-state index is 13.2. The summed E-state index contributed by atoms with van der Waals surface area (Å²) in [7, 11) is -6.50. The summed E-state index contributed by atoms with van der Waals surface area (Å²) in [5.41, 5.74) is 2.93. The quantitative estimate of drug-likeness (QED) is 0.219. The fourth-order valence-electron chi connectivity index (χ4n) is 4.91. The van der Waals surface area contributed by atoms with Crippen molar-refractivity contribution < 1.29 is 35.3 Å². The zero-order valence-corrected chi connectivity index (χ0v) is 27.7. The Kier molecular flexibility index (Phi) is 10.9. The van der Waals surface area contributed by atoms with Gasteiger partial charge in [-0.25, -0.2) is 8.42 Å². The second kappa shape index (κ2) is 14.5. The molecule has 0 aliphatic carbocycles. The summed E-state index contributed by atoms with van der Waals surface area (Å²) in [6.07, 6.45) is 2.84. The monoisotopic (exact) mass is 657 g/mol. The van der Waals surface area contributed by atoms with Gasteiger partial charge in [0.05, 0.1) is 36.6 Å². The highest BCUT2D eigenvalue weighted by Crippen LogP contribution is 2.33. The van der Waals surface area contributed by atoms with Crippen molar-refractivity contribution in [1.29, 1.82) is 0 Å². The van der Waals surface area contributed by atoms with E-state index in [-0.39, 0.29) is 21.3 Å². The van der Waals surface area contributed by atoms with Crippen molar-refractivity contribution in [3.05, 3.63) is 77.4 Å². The van der Waals surface area contributed by atoms with Crippen molar-refractivity contribution >= 4 is 43.5 Å². The van der Waals surface area contributed by atoms with E-state index < -0.39 is 26.0 Å². The van der Waals surface area contributed by atoms with Crippen LogP contribution < -0.4 is 19.1 Å². The lowest BCUT2D eigenvalue weighted by atomic mass is 10.2. The van der Waals surface area contributed by atoms with E-state index in [0.29, 0.717) is 61.9 Å². The molecule has 242 valence electrons. The number of benzene rings is 3. The van der Waals surface area contributed by atoms with Crippen molar-refractivity contribution in [2.45, 2.75) is 37.5 Å². The van der Waals surface area contributed by atoms with Crippen LogP contribution in [0.1, 0.15) is 30.5 Å². The van der Waals surface area contributed by atoms with E-state index in [9.17, 15) is 21.6 Å². The van der Waals surface area contributed by atoms with Gasteiger partial charge in [-0.15, -0.1) is 0 Å². The third kappa shape index (κ3) is 8.03. The lowest BCUT2D eigenvalue weighted by molar-refractivity contribution is -0.111. The largest absolute Gasteiger partial charge is 0.493 e. The molecule has 4 rings (SSSR count). The molecule has 45 heavy (non-hydrogen) atoms. The fraction of sp³-hybridized carbons (Fsp3) is 0.344. The number of carbonyl (C=O) groups excluding carboxylic acids is 1. The molecule has 1 amide bonds. The number of nitrogens with one attached hydrogen (secondary N) is 1. The summed E-state index contributed by atoms with van der Waals surface area (Å²) in [6.45, 7) is 9.88. The Balaban J connectivity index is 1.57. The molecule has 1 N–H and O–H groups in total. The average Bonchev–Trinajstić information content (AvgIpc) is 3.02. The van der Waals surface area contributed by atoms with Crippen molar-refractivity contribution in [2.75, 3.05) is 56.7 Å². The minimum absolute atomic E-state index is 0.00128. The molecular formula is C32H39N3O8S2. The van der Waals surface area contributed by atoms with E-state index in [1.165, 1.54) is 35.7 Å². The molecule has 1 aliphatic heterocycles. The number of sulfonamides is 1. The Labute approximate surface area is 265 Å². The molecule has 0 atom stereocenters. The highest BCUT2D eigenvalue weighted by atomic mass is 32.2. The van der Waals surface area contributed by atoms with E-state index >= 15 is 0 Å². The first-order valence-corrected chi connectivity index (χ1v) is 17.4. The van der Waals surface area contributed by atoms with Gasteiger partial charge in [-0.05, 0) is 73.0 Å². The number of hydrogen-bond acceptors (Lipinski definition) is 9. The van der Waals surface area contributed by atoms with Crippen LogP contribution in [-0.2, 0) is 29.7 Å². The van der Waals surface area contributed by atoms with Gasteiger partial charge >= 0.3 is 10.1 Å². The summed E-state index contributed by atoms with van der Waals surface area (Å²) in [4.78, 5) is 15.3. The third-order valence-electron chi connectivity index (χ3n) is 7.35. The SMILES string of the molecule is CCN(CC)S(=O)(=O)c1ccc(N2CCOCC2)c(NC(=O)/C=C/c2ccc(OS(=O)(=O)c3cc(C)ccc3C)c(OC)c2)c1. The second-order valence-electron chi connectivity index (χ2n) is 10.4. The topological polar surface area (TPSA) is 132 Å². The first-order valence-electron chi connectivity index (χ1n) is 14.5. The van der Waals surface area contributed by atoms with Gasteiger partial charge in [0.1, 0.15) is 4.90 Å². The number of methoxy groups -OCH3 is 1. The minimum atomic E-state index is -4.13. The van der Waals surface area contributed by atoms with Gasteiger partial charge in [0.25, 0.3) is 0 Å². The van der Waals surface area contributed by atoms with Crippen LogP contribution in [0, 0.1) is 13.8 Å². The van der Waals surface area contributed by atoms with Crippen molar-refractivity contribution in [1.82, 2.24) is 4.31 Å². The summed E-state index contributed by atoms with van der Waals surface area (Å²) >= 11 is 0. The molecule has 1 fully saturated rings. The van der Waals surface area contributed by atoms with E-state index in [4.69, 9.17) is 13.7 Å². The predicted octanol–water partition coefficient (Wildman–Crippen LogP) is 4.60. The number of nitrogens with zero attached hydrogens (tertiary/aromatic N) is 2. The first kappa shape index (κ1) is 34.0. The highest BCUT2D eigenvalue weighted by Gasteiger charge is 2.25. The Morgan fingerprint density at radius 2 is 1.67 bits per heavy atom. The Morgan fingerprint density at radius 3 is 2.33 bits per heavy atom. The smallest absolute Gasteiger partial charge is 0.339 e. The minimum Gasteiger partial charge on any atom is -0.493 e. The molecule has 11 nitrogen and oxygen atoms in total. The molecule has 1 saturated heterocycles. The van der Waals surface area contributed by atoms with Crippen molar-refractivity contribution in [3.63, 3.8) is 0 Å². The average molecular weight is 658 g/mol. The van der Waals surface area contributed by atoms with E-state index in [2.05, 4.69) is 5.32 Å². The Hall–Kier alpha value is -3.91. The maximum atomic E-state index is 13.2. The summed E-state index contributed by atoms with van der Waals surface area (Å²) < 4.78 is 70.1.